The summed E-state index contributed by atoms with van der Waals surface area (Å²) < 4.78 is 5.78. The van der Waals surface area contributed by atoms with E-state index in [1.165, 1.54) is 17.4 Å². The van der Waals surface area contributed by atoms with E-state index in [2.05, 4.69) is 6.92 Å². The molecule has 0 spiro atoms. The molecular weight excluding hydrogens is 292 g/mol. The predicted octanol–water partition coefficient (Wildman–Crippen LogP) is 3.11. The maximum absolute atomic E-state index is 11.2. The van der Waals surface area contributed by atoms with Crippen LogP contribution in [0.4, 0.5) is 10.7 Å². The zero-order valence-electron chi connectivity index (χ0n) is 12.4. The molecule has 1 N–H and O–H groups in total. The number of nitro groups is 1. The Labute approximate surface area is 128 Å². The summed E-state index contributed by atoms with van der Waals surface area (Å²) >= 11 is 1.31. The van der Waals surface area contributed by atoms with Gasteiger partial charge in [-0.25, -0.2) is 0 Å². The number of nitrogens with zero attached hydrogens (tertiary/aromatic N) is 2. The Kier molecular flexibility index (Phi) is 5.55. The van der Waals surface area contributed by atoms with Crippen molar-refractivity contribution in [2.24, 2.45) is 0 Å². The van der Waals surface area contributed by atoms with Crippen molar-refractivity contribution in [2.75, 3.05) is 24.6 Å². The molecule has 1 saturated heterocycles. The second-order valence-corrected chi connectivity index (χ2v) is 6.42. The highest BCUT2D eigenvalue weighted by Gasteiger charge is 2.29. The summed E-state index contributed by atoms with van der Waals surface area (Å²) in [6.07, 6.45) is 2.39. The minimum atomic E-state index is -0.681. The van der Waals surface area contributed by atoms with Crippen molar-refractivity contribution in [1.82, 2.24) is 0 Å². The average Bonchev–Trinajstić information content (AvgIpc) is 2.91. The smallest absolute Gasteiger partial charge is 0.304 e. The molecule has 1 fully saturated rings. The predicted molar refractivity (Wildman–Crippen MR) is 83.1 cm³/mol. The van der Waals surface area contributed by atoms with E-state index >= 15 is 0 Å². The lowest BCUT2D eigenvalue weighted by molar-refractivity contribution is -0.383. The topological polar surface area (TPSA) is 75.8 Å². The van der Waals surface area contributed by atoms with Crippen LogP contribution in [-0.4, -0.2) is 35.8 Å². The van der Waals surface area contributed by atoms with E-state index in [0.29, 0.717) is 16.4 Å². The minimum Gasteiger partial charge on any atom is -0.388 e. The molecule has 1 aromatic rings. The van der Waals surface area contributed by atoms with Gasteiger partial charge in [0.25, 0.3) is 0 Å². The summed E-state index contributed by atoms with van der Waals surface area (Å²) in [6.45, 7) is 5.90. The molecule has 1 unspecified atom stereocenters. The monoisotopic (exact) mass is 314 g/mol. The van der Waals surface area contributed by atoms with Crippen LogP contribution >= 0.6 is 11.3 Å². The third kappa shape index (κ3) is 3.93. The molecule has 0 aromatic carbocycles. The highest BCUT2D eigenvalue weighted by molar-refractivity contribution is 7.16. The molecule has 7 heteroatoms. The molecule has 2 rings (SSSR count). The van der Waals surface area contributed by atoms with Crippen LogP contribution in [0.2, 0.25) is 0 Å². The molecule has 2 heterocycles. The standard InChI is InChI=1S/C14H22N2O4S/c1-3-7-20-11-5-4-6-15(9-11)14-12(16(18)19)8-13(21-14)10(2)17/h8,10-11,17H,3-7,9H2,1-2H3/t10-,11?/m0/s1. The van der Waals surface area contributed by atoms with Gasteiger partial charge in [-0.05, 0) is 26.2 Å². The lowest BCUT2D eigenvalue weighted by Gasteiger charge is -2.32. The zero-order valence-corrected chi connectivity index (χ0v) is 13.3. The lowest BCUT2D eigenvalue weighted by Crippen LogP contribution is -2.39. The van der Waals surface area contributed by atoms with E-state index < -0.39 is 6.10 Å². The van der Waals surface area contributed by atoms with E-state index in [1.54, 1.807) is 6.92 Å². The first-order chi connectivity index (χ1) is 10.0. The fourth-order valence-electron chi connectivity index (χ4n) is 2.50. The molecule has 1 aliphatic heterocycles. The summed E-state index contributed by atoms with van der Waals surface area (Å²) in [7, 11) is 0. The number of hydrogen-bond donors (Lipinski definition) is 1. The van der Waals surface area contributed by atoms with E-state index in [1.807, 2.05) is 4.90 Å². The van der Waals surface area contributed by atoms with Crippen LogP contribution < -0.4 is 4.90 Å². The second-order valence-electron chi connectivity index (χ2n) is 5.35. The fourth-order valence-corrected chi connectivity index (χ4v) is 3.59. The lowest BCUT2D eigenvalue weighted by atomic mass is 10.1. The fraction of sp³-hybridized carbons (Fsp3) is 0.714. The maximum Gasteiger partial charge on any atom is 0.304 e. The Balaban J connectivity index is 2.17. The number of rotatable bonds is 6. The van der Waals surface area contributed by atoms with Gasteiger partial charge >= 0.3 is 5.69 Å². The third-order valence-corrected chi connectivity index (χ3v) is 4.90. The molecule has 1 aliphatic rings. The van der Waals surface area contributed by atoms with Gasteiger partial charge in [0, 0.05) is 30.6 Å². The Morgan fingerprint density at radius 3 is 3.05 bits per heavy atom. The molecule has 0 amide bonds. The van der Waals surface area contributed by atoms with Crippen LogP contribution in [0.15, 0.2) is 6.07 Å². The van der Waals surface area contributed by atoms with Crippen LogP contribution in [0.5, 0.6) is 0 Å². The number of piperidine rings is 1. The van der Waals surface area contributed by atoms with Crippen molar-refractivity contribution >= 4 is 22.0 Å². The number of thiophene rings is 1. The van der Waals surface area contributed by atoms with Crippen molar-refractivity contribution in [1.29, 1.82) is 0 Å². The largest absolute Gasteiger partial charge is 0.388 e. The minimum absolute atomic E-state index is 0.0899. The number of hydrogen-bond acceptors (Lipinski definition) is 6. The SMILES string of the molecule is CCCOC1CCCN(c2sc([C@H](C)O)cc2[N+](=O)[O-])C1. The third-order valence-electron chi connectivity index (χ3n) is 3.54. The molecule has 0 radical (unpaired) electrons. The van der Waals surface area contributed by atoms with E-state index in [9.17, 15) is 15.2 Å². The number of aliphatic hydroxyl groups is 1. The summed E-state index contributed by atoms with van der Waals surface area (Å²) in [5, 5.41) is 21.5. The van der Waals surface area contributed by atoms with Crippen LogP contribution in [0, 0.1) is 10.1 Å². The molecule has 0 bridgehead atoms. The molecule has 2 atom stereocenters. The molecular formula is C14H22N2O4S. The normalized spacial score (nSPS) is 20.5. The van der Waals surface area contributed by atoms with Gasteiger partial charge in [0.05, 0.1) is 17.1 Å². The molecule has 0 saturated carbocycles. The maximum atomic E-state index is 11.2. The Morgan fingerprint density at radius 2 is 2.43 bits per heavy atom. The highest BCUT2D eigenvalue weighted by Crippen LogP contribution is 2.41. The van der Waals surface area contributed by atoms with Crippen LogP contribution in [0.25, 0.3) is 0 Å². The second kappa shape index (κ2) is 7.20. The van der Waals surface area contributed by atoms with Crippen LogP contribution in [0.1, 0.15) is 44.1 Å². The van der Waals surface area contributed by atoms with E-state index in [4.69, 9.17) is 4.74 Å². The molecule has 21 heavy (non-hydrogen) atoms. The van der Waals surface area contributed by atoms with Crippen LogP contribution in [-0.2, 0) is 4.74 Å². The van der Waals surface area contributed by atoms with E-state index in [0.717, 1.165) is 32.4 Å². The Hall–Kier alpha value is -1.18. The number of ether oxygens (including phenoxy) is 1. The van der Waals surface area contributed by atoms with Crippen molar-refractivity contribution in [3.8, 4) is 0 Å². The van der Waals surface area contributed by atoms with E-state index in [-0.39, 0.29) is 16.7 Å². The Bertz CT molecular complexity index is 489. The van der Waals surface area contributed by atoms with Gasteiger partial charge in [0.15, 0.2) is 5.00 Å². The van der Waals surface area contributed by atoms with Gasteiger partial charge in [-0.2, -0.15) is 0 Å². The summed E-state index contributed by atoms with van der Waals surface area (Å²) in [5.41, 5.74) is 0.0899. The number of aliphatic hydroxyl groups excluding tert-OH is 1. The molecule has 1 aromatic heterocycles. The summed E-state index contributed by atoms with van der Waals surface area (Å²) in [6, 6.07) is 1.49. The zero-order chi connectivity index (χ0) is 15.4. The van der Waals surface area contributed by atoms with Gasteiger partial charge in [-0.15, -0.1) is 11.3 Å². The van der Waals surface area contributed by atoms with Gasteiger partial charge in [-0.1, -0.05) is 6.92 Å². The van der Waals surface area contributed by atoms with Gasteiger partial charge in [0.1, 0.15) is 0 Å². The summed E-state index contributed by atoms with van der Waals surface area (Å²) in [5.74, 6) is 0. The Morgan fingerprint density at radius 1 is 1.67 bits per heavy atom. The average molecular weight is 314 g/mol. The van der Waals surface area contributed by atoms with Gasteiger partial charge in [0.2, 0.25) is 0 Å². The molecule has 6 nitrogen and oxygen atoms in total. The highest BCUT2D eigenvalue weighted by atomic mass is 32.1. The van der Waals surface area contributed by atoms with Crippen molar-refractivity contribution in [3.05, 3.63) is 21.1 Å². The van der Waals surface area contributed by atoms with Crippen molar-refractivity contribution in [3.63, 3.8) is 0 Å². The first-order valence-electron chi connectivity index (χ1n) is 7.35. The summed E-state index contributed by atoms with van der Waals surface area (Å²) in [4.78, 5) is 13.5. The van der Waals surface area contributed by atoms with Crippen LogP contribution in [0.3, 0.4) is 0 Å². The first kappa shape index (κ1) is 16.2. The quantitative estimate of drug-likeness (QED) is 0.645. The van der Waals surface area contributed by atoms with Crippen molar-refractivity contribution < 1.29 is 14.8 Å². The molecule has 0 aliphatic carbocycles. The van der Waals surface area contributed by atoms with Crippen molar-refractivity contribution in [2.45, 2.75) is 45.3 Å². The molecule has 118 valence electrons. The van der Waals surface area contributed by atoms with Gasteiger partial charge < -0.3 is 14.7 Å². The van der Waals surface area contributed by atoms with Gasteiger partial charge in [-0.3, -0.25) is 10.1 Å². The first-order valence-corrected chi connectivity index (χ1v) is 8.17. The number of anilines is 1.